The molecule has 96 valence electrons. The highest BCUT2D eigenvalue weighted by atomic mass is 32.1. The van der Waals surface area contributed by atoms with Gasteiger partial charge >= 0.3 is 0 Å². The molecule has 2 heterocycles. The van der Waals surface area contributed by atoms with Gasteiger partial charge in [0.25, 0.3) is 0 Å². The highest BCUT2D eigenvalue weighted by Crippen LogP contribution is 2.29. The summed E-state index contributed by atoms with van der Waals surface area (Å²) in [4.78, 5) is 5.67. The second-order valence-electron chi connectivity index (χ2n) is 4.77. The summed E-state index contributed by atoms with van der Waals surface area (Å²) in [6.07, 6.45) is 1.77. The van der Waals surface area contributed by atoms with Crippen LogP contribution in [0.3, 0.4) is 0 Å². The van der Waals surface area contributed by atoms with E-state index in [-0.39, 0.29) is 5.41 Å². The predicted octanol–water partition coefficient (Wildman–Crippen LogP) is 3.54. The predicted molar refractivity (Wildman–Crippen MR) is 76.6 cm³/mol. The van der Waals surface area contributed by atoms with Gasteiger partial charge in [0.15, 0.2) is 11.6 Å². The lowest BCUT2D eigenvalue weighted by molar-refractivity contribution is 0.414. The third-order valence-electron chi connectivity index (χ3n) is 2.88. The Kier molecular flexibility index (Phi) is 3.87. The SMILES string of the molecule is COc1cccnc1NCC(C)(C)c1cccs1. The van der Waals surface area contributed by atoms with Crippen LogP contribution in [0.2, 0.25) is 0 Å². The number of pyridine rings is 1. The molecule has 4 heteroatoms. The van der Waals surface area contributed by atoms with Crippen LogP contribution in [0.4, 0.5) is 5.82 Å². The first kappa shape index (κ1) is 12.9. The summed E-state index contributed by atoms with van der Waals surface area (Å²) < 4.78 is 5.28. The van der Waals surface area contributed by atoms with Crippen molar-refractivity contribution < 1.29 is 4.74 Å². The molecule has 0 unspecified atom stereocenters. The molecular weight excluding hydrogens is 244 g/mol. The van der Waals surface area contributed by atoms with Crippen LogP contribution in [0.15, 0.2) is 35.8 Å². The molecule has 0 saturated carbocycles. The van der Waals surface area contributed by atoms with Gasteiger partial charge in [-0.15, -0.1) is 11.3 Å². The summed E-state index contributed by atoms with van der Waals surface area (Å²) in [6, 6.07) is 8.03. The Morgan fingerprint density at radius 2 is 2.17 bits per heavy atom. The molecule has 0 aliphatic carbocycles. The van der Waals surface area contributed by atoms with Crippen molar-refractivity contribution in [1.29, 1.82) is 0 Å². The topological polar surface area (TPSA) is 34.1 Å². The van der Waals surface area contributed by atoms with Crippen molar-refractivity contribution in [3.8, 4) is 5.75 Å². The molecule has 0 aliphatic rings. The zero-order chi connectivity index (χ0) is 13.0. The molecule has 0 saturated heterocycles. The van der Waals surface area contributed by atoms with Gasteiger partial charge in [0.1, 0.15) is 0 Å². The molecule has 0 aromatic carbocycles. The molecule has 0 aliphatic heterocycles. The second-order valence-corrected chi connectivity index (χ2v) is 5.72. The van der Waals surface area contributed by atoms with Crippen LogP contribution < -0.4 is 10.1 Å². The molecule has 0 spiro atoms. The molecule has 1 N–H and O–H groups in total. The molecule has 18 heavy (non-hydrogen) atoms. The van der Waals surface area contributed by atoms with Crippen molar-refractivity contribution in [2.45, 2.75) is 19.3 Å². The van der Waals surface area contributed by atoms with Crippen molar-refractivity contribution in [2.75, 3.05) is 19.0 Å². The number of anilines is 1. The smallest absolute Gasteiger partial charge is 0.168 e. The maximum absolute atomic E-state index is 5.28. The number of aromatic nitrogens is 1. The first-order chi connectivity index (χ1) is 8.63. The van der Waals surface area contributed by atoms with E-state index in [4.69, 9.17) is 4.74 Å². The fourth-order valence-electron chi connectivity index (χ4n) is 1.74. The summed E-state index contributed by atoms with van der Waals surface area (Å²) in [6.45, 7) is 5.27. The van der Waals surface area contributed by atoms with Gasteiger partial charge in [-0.05, 0) is 23.6 Å². The standard InChI is InChI=1S/C14H18N2OS/c1-14(2,12-7-5-9-18-12)10-16-13-11(17-3)6-4-8-15-13/h4-9H,10H2,1-3H3,(H,15,16). The van der Waals surface area contributed by atoms with E-state index in [2.05, 4.69) is 41.7 Å². The number of ether oxygens (including phenoxy) is 1. The van der Waals surface area contributed by atoms with Gasteiger partial charge in [0.05, 0.1) is 7.11 Å². The minimum absolute atomic E-state index is 0.0801. The van der Waals surface area contributed by atoms with E-state index in [1.54, 1.807) is 24.6 Å². The maximum Gasteiger partial charge on any atom is 0.168 e. The van der Waals surface area contributed by atoms with E-state index in [9.17, 15) is 0 Å². The second kappa shape index (κ2) is 5.40. The van der Waals surface area contributed by atoms with E-state index in [1.165, 1.54) is 4.88 Å². The molecule has 0 radical (unpaired) electrons. The Morgan fingerprint density at radius 3 is 2.83 bits per heavy atom. The lowest BCUT2D eigenvalue weighted by atomic mass is 9.91. The lowest BCUT2D eigenvalue weighted by Crippen LogP contribution is -2.27. The Balaban J connectivity index is 2.07. The fourth-order valence-corrected chi connectivity index (χ4v) is 2.60. The highest BCUT2D eigenvalue weighted by Gasteiger charge is 2.22. The van der Waals surface area contributed by atoms with Gasteiger partial charge < -0.3 is 10.1 Å². The summed E-state index contributed by atoms with van der Waals surface area (Å²) in [7, 11) is 1.66. The van der Waals surface area contributed by atoms with Crippen LogP contribution >= 0.6 is 11.3 Å². The average molecular weight is 262 g/mol. The monoisotopic (exact) mass is 262 g/mol. The Hall–Kier alpha value is -1.55. The van der Waals surface area contributed by atoms with Gasteiger partial charge in [0, 0.05) is 23.0 Å². The van der Waals surface area contributed by atoms with Crippen molar-refractivity contribution in [1.82, 2.24) is 4.98 Å². The molecule has 2 rings (SSSR count). The zero-order valence-electron chi connectivity index (χ0n) is 10.9. The van der Waals surface area contributed by atoms with Crippen molar-refractivity contribution in [3.63, 3.8) is 0 Å². The third kappa shape index (κ3) is 2.82. The zero-order valence-corrected chi connectivity index (χ0v) is 11.8. The lowest BCUT2D eigenvalue weighted by Gasteiger charge is -2.24. The summed E-state index contributed by atoms with van der Waals surface area (Å²) in [5, 5.41) is 5.47. The van der Waals surface area contributed by atoms with Crippen LogP contribution in [-0.2, 0) is 5.41 Å². The van der Waals surface area contributed by atoms with E-state index in [0.717, 1.165) is 18.1 Å². The molecule has 3 nitrogen and oxygen atoms in total. The number of nitrogens with zero attached hydrogens (tertiary/aromatic N) is 1. The van der Waals surface area contributed by atoms with Crippen molar-refractivity contribution >= 4 is 17.2 Å². The van der Waals surface area contributed by atoms with Gasteiger partial charge in [-0.2, -0.15) is 0 Å². The highest BCUT2D eigenvalue weighted by molar-refractivity contribution is 7.10. The first-order valence-corrected chi connectivity index (χ1v) is 6.78. The number of methoxy groups -OCH3 is 1. The minimum Gasteiger partial charge on any atom is -0.493 e. The molecule has 0 fully saturated rings. The molecular formula is C14H18N2OS. The van der Waals surface area contributed by atoms with E-state index < -0.39 is 0 Å². The van der Waals surface area contributed by atoms with Gasteiger partial charge in [-0.1, -0.05) is 19.9 Å². The summed E-state index contributed by atoms with van der Waals surface area (Å²) in [5.41, 5.74) is 0.0801. The van der Waals surface area contributed by atoms with Gasteiger partial charge in [-0.25, -0.2) is 4.98 Å². The van der Waals surface area contributed by atoms with Crippen LogP contribution in [0.25, 0.3) is 0 Å². The van der Waals surface area contributed by atoms with Crippen molar-refractivity contribution in [3.05, 3.63) is 40.7 Å². The molecule has 2 aromatic rings. The first-order valence-electron chi connectivity index (χ1n) is 5.90. The van der Waals surface area contributed by atoms with Crippen LogP contribution in [0.1, 0.15) is 18.7 Å². The molecule has 2 aromatic heterocycles. The summed E-state index contributed by atoms with van der Waals surface area (Å²) in [5.74, 6) is 1.57. The van der Waals surface area contributed by atoms with Gasteiger partial charge in [-0.3, -0.25) is 0 Å². The summed E-state index contributed by atoms with van der Waals surface area (Å²) >= 11 is 1.78. The quantitative estimate of drug-likeness (QED) is 0.895. The minimum atomic E-state index is 0.0801. The molecule has 0 bridgehead atoms. The number of thiophene rings is 1. The largest absolute Gasteiger partial charge is 0.493 e. The fraction of sp³-hybridized carbons (Fsp3) is 0.357. The Morgan fingerprint density at radius 1 is 1.33 bits per heavy atom. The Labute approximate surface area is 112 Å². The number of hydrogen-bond donors (Lipinski definition) is 1. The van der Waals surface area contributed by atoms with E-state index in [0.29, 0.717) is 0 Å². The van der Waals surface area contributed by atoms with Crippen LogP contribution in [-0.4, -0.2) is 18.6 Å². The number of nitrogens with one attached hydrogen (secondary N) is 1. The number of rotatable bonds is 5. The van der Waals surface area contributed by atoms with Crippen LogP contribution in [0.5, 0.6) is 5.75 Å². The van der Waals surface area contributed by atoms with Crippen molar-refractivity contribution in [2.24, 2.45) is 0 Å². The van der Waals surface area contributed by atoms with Crippen LogP contribution in [0, 0.1) is 0 Å². The average Bonchev–Trinajstić information content (AvgIpc) is 2.91. The van der Waals surface area contributed by atoms with Gasteiger partial charge in [0.2, 0.25) is 0 Å². The Bertz CT molecular complexity index is 494. The third-order valence-corrected chi connectivity index (χ3v) is 4.11. The normalized spacial score (nSPS) is 11.3. The maximum atomic E-state index is 5.28. The van der Waals surface area contributed by atoms with E-state index in [1.807, 2.05) is 12.1 Å². The number of hydrogen-bond acceptors (Lipinski definition) is 4. The van der Waals surface area contributed by atoms with E-state index >= 15 is 0 Å². The molecule has 0 amide bonds. The molecule has 0 atom stereocenters.